The van der Waals surface area contributed by atoms with Crippen LogP contribution in [0.4, 0.5) is 5.82 Å². The number of piperazine rings is 1. The van der Waals surface area contributed by atoms with Gasteiger partial charge in [-0.2, -0.15) is 0 Å². The Morgan fingerprint density at radius 1 is 0.774 bits per heavy atom. The summed E-state index contributed by atoms with van der Waals surface area (Å²) < 4.78 is 0. The predicted octanol–water partition coefficient (Wildman–Crippen LogP) is 3.89. The molecule has 2 saturated heterocycles. The van der Waals surface area contributed by atoms with Gasteiger partial charge in [0.25, 0.3) is 0 Å². The normalized spacial score (nSPS) is 23.3. The summed E-state index contributed by atoms with van der Waals surface area (Å²) in [7, 11) is 0. The van der Waals surface area contributed by atoms with E-state index in [0.717, 1.165) is 75.1 Å². The van der Waals surface area contributed by atoms with Gasteiger partial charge in [-0.15, -0.1) is 10.2 Å². The van der Waals surface area contributed by atoms with Gasteiger partial charge in [0.05, 0.1) is 11.7 Å². The Bertz CT molecular complexity index is 854. The van der Waals surface area contributed by atoms with Gasteiger partial charge in [-0.3, -0.25) is 9.69 Å². The molecule has 0 N–H and O–H groups in total. The standard InChI is InChI=1S/C25H33N5O/c31-19-30-14-4-3-7-24(30)21-10-8-20(9-11-21)23-12-13-25(27-26-23)29-17-15-28(16-18-29)22-5-1-2-6-22/h8-13,19,22,24H,1-7,14-18H2. The second kappa shape index (κ2) is 9.35. The zero-order chi connectivity index (χ0) is 21.0. The van der Waals surface area contributed by atoms with Crippen molar-refractivity contribution in [2.75, 3.05) is 37.6 Å². The Balaban J connectivity index is 1.21. The minimum atomic E-state index is 0.205. The largest absolute Gasteiger partial charge is 0.353 e. The van der Waals surface area contributed by atoms with Crippen LogP contribution in [0.15, 0.2) is 36.4 Å². The number of piperidine rings is 1. The molecule has 2 aromatic rings. The molecule has 1 aromatic carbocycles. The number of nitrogens with zero attached hydrogens (tertiary/aromatic N) is 5. The van der Waals surface area contributed by atoms with Crippen molar-refractivity contribution in [3.05, 3.63) is 42.0 Å². The predicted molar refractivity (Wildman–Crippen MR) is 123 cm³/mol. The summed E-state index contributed by atoms with van der Waals surface area (Å²) in [4.78, 5) is 18.3. The SMILES string of the molecule is O=CN1CCCCC1c1ccc(-c2ccc(N3CCN(C4CCCC4)CC3)nn2)cc1. The van der Waals surface area contributed by atoms with Crippen LogP contribution in [0.25, 0.3) is 11.3 Å². The van der Waals surface area contributed by atoms with Crippen LogP contribution in [-0.2, 0) is 4.79 Å². The highest BCUT2D eigenvalue weighted by Crippen LogP contribution is 2.31. The molecule has 1 aliphatic carbocycles. The quantitative estimate of drug-likeness (QED) is 0.688. The number of likely N-dealkylation sites (tertiary alicyclic amines) is 1. The van der Waals surface area contributed by atoms with Crippen molar-refractivity contribution in [3.8, 4) is 11.3 Å². The number of aromatic nitrogens is 2. The van der Waals surface area contributed by atoms with Crippen LogP contribution in [0.2, 0.25) is 0 Å². The Labute approximate surface area is 185 Å². The Morgan fingerprint density at radius 2 is 1.52 bits per heavy atom. The maximum atomic E-state index is 11.4. The van der Waals surface area contributed by atoms with E-state index in [1.165, 1.54) is 37.7 Å². The summed E-state index contributed by atoms with van der Waals surface area (Å²) in [6.45, 7) is 5.20. The topological polar surface area (TPSA) is 52.6 Å². The third-order valence-electron chi connectivity index (χ3n) is 7.40. The van der Waals surface area contributed by atoms with Crippen molar-refractivity contribution in [2.24, 2.45) is 0 Å². The Morgan fingerprint density at radius 3 is 2.19 bits per heavy atom. The molecule has 3 fully saturated rings. The Hall–Kier alpha value is -2.47. The van der Waals surface area contributed by atoms with Crippen molar-refractivity contribution in [1.29, 1.82) is 0 Å². The van der Waals surface area contributed by atoms with Crippen molar-refractivity contribution in [3.63, 3.8) is 0 Å². The molecule has 164 valence electrons. The van der Waals surface area contributed by atoms with E-state index in [2.05, 4.69) is 56.4 Å². The number of benzene rings is 1. The summed E-state index contributed by atoms with van der Waals surface area (Å²) >= 11 is 0. The summed E-state index contributed by atoms with van der Waals surface area (Å²) in [5.74, 6) is 0.982. The second-order valence-electron chi connectivity index (χ2n) is 9.21. The number of rotatable bonds is 5. The van der Waals surface area contributed by atoms with E-state index in [4.69, 9.17) is 0 Å². The highest BCUT2D eigenvalue weighted by molar-refractivity contribution is 5.60. The fourth-order valence-corrected chi connectivity index (χ4v) is 5.55. The number of carbonyl (C=O) groups excluding carboxylic acids is 1. The fraction of sp³-hybridized carbons (Fsp3) is 0.560. The first kappa shape index (κ1) is 20.4. The van der Waals surface area contributed by atoms with Crippen LogP contribution in [0.1, 0.15) is 56.6 Å². The van der Waals surface area contributed by atoms with Gasteiger partial charge >= 0.3 is 0 Å². The minimum Gasteiger partial charge on any atom is -0.353 e. The highest BCUT2D eigenvalue weighted by Gasteiger charge is 2.27. The number of hydrogen-bond donors (Lipinski definition) is 0. The summed E-state index contributed by atoms with van der Waals surface area (Å²) in [6, 6.07) is 13.7. The molecule has 0 bridgehead atoms. The molecule has 1 atom stereocenters. The average Bonchev–Trinajstić information content (AvgIpc) is 3.40. The fourth-order valence-electron chi connectivity index (χ4n) is 5.55. The van der Waals surface area contributed by atoms with E-state index < -0.39 is 0 Å². The second-order valence-corrected chi connectivity index (χ2v) is 9.21. The number of anilines is 1. The van der Waals surface area contributed by atoms with Gasteiger partial charge in [0.15, 0.2) is 5.82 Å². The first-order valence-corrected chi connectivity index (χ1v) is 12.0. The zero-order valence-corrected chi connectivity index (χ0v) is 18.3. The molecule has 31 heavy (non-hydrogen) atoms. The molecule has 0 radical (unpaired) electrons. The van der Waals surface area contributed by atoms with Crippen molar-refractivity contribution >= 4 is 12.2 Å². The molecular formula is C25H33N5O. The molecule has 3 heterocycles. The van der Waals surface area contributed by atoms with Crippen molar-refractivity contribution in [1.82, 2.24) is 20.0 Å². The molecule has 6 heteroatoms. The lowest BCUT2D eigenvalue weighted by atomic mass is 9.95. The molecule has 1 aromatic heterocycles. The van der Waals surface area contributed by atoms with Gasteiger partial charge < -0.3 is 9.80 Å². The van der Waals surface area contributed by atoms with E-state index in [0.29, 0.717) is 0 Å². The van der Waals surface area contributed by atoms with Crippen molar-refractivity contribution in [2.45, 2.75) is 57.0 Å². The van der Waals surface area contributed by atoms with Crippen LogP contribution < -0.4 is 4.90 Å². The molecule has 6 nitrogen and oxygen atoms in total. The monoisotopic (exact) mass is 419 g/mol. The summed E-state index contributed by atoms with van der Waals surface area (Å²) in [5.41, 5.74) is 3.18. The molecule has 2 aliphatic heterocycles. The first-order chi connectivity index (χ1) is 15.3. The van der Waals surface area contributed by atoms with Crippen LogP contribution in [0.3, 0.4) is 0 Å². The number of carbonyl (C=O) groups is 1. The lowest BCUT2D eigenvalue weighted by molar-refractivity contribution is -0.121. The average molecular weight is 420 g/mol. The molecular weight excluding hydrogens is 386 g/mol. The van der Waals surface area contributed by atoms with Gasteiger partial charge in [-0.05, 0) is 49.8 Å². The van der Waals surface area contributed by atoms with Gasteiger partial charge in [0, 0.05) is 44.3 Å². The summed E-state index contributed by atoms with van der Waals surface area (Å²) in [5, 5.41) is 9.06. The van der Waals surface area contributed by atoms with Crippen molar-refractivity contribution < 1.29 is 4.79 Å². The third-order valence-corrected chi connectivity index (χ3v) is 7.40. The maximum Gasteiger partial charge on any atom is 0.210 e. The molecule has 3 aliphatic rings. The van der Waals surface area contributed by atoms with Gasteiger partial charge in [-0.1, -0.05) is 37.1 Å². The van der Waals surface area contributed by atoms with Gasteiger partial charge in [-0.25, -0.2) is 0 Å². The van der Waals surface area contributed by atoms with E-state index in [1.807, 2.05) is 4.90 Å². The lowest BCUT2D eigenvalue weighted by Crippen LogP contribution is -2.50. The molecule has 0 spiro atoms. The molecule has 1 unspecified atom stereocenters. The third kappa shape index (κ3) is 4.45. The zero-order valence-electron chi connectivity index (χ0n) is 18.3. The van der Waals surface area contributed by atoms with E-state index >= 15 is 0 Å². The van der Waals surface area contributed by atoms with E-state index in [1.54, 1.807) is 0 Å². The van der Waals surface area contributed by atoms with Crippen LogP contribution in [0.5, 0.6) is 0 Å². The van der Waals surface area contributed by atoms with Crippen LogP contribution >= 0.6 is 0 Å². The number of amides is 1. The molecule has 1 amide bonds. The van der Waals surface area contributed by atoms with Gasteiger partial charge in [0.2, 0.25) is 6.41 Å². The van der Waals surface area contributed by atoms with E-state index in [-0.39, 0.29) is 6.04 Å². The highest BCUT2D eigenvalue weighted by atomic mass is 16.1. The first-order valence-electron chi connectivity index (χ1n) is 12.0. The number of hydrogen-bond acceptors (Lipinski definition) is 5. The van der Waals surface area contributed by atoms with Crippen LogP contribution in [-0.4, -0.2) is 65.2 Å². The van der Waals surface area contributed by atoms with E-state index in [9.17, 15) is 4.79 Å². The Kier molecular flexibility index (Phi) is 6.16. The van der Waals surface area contributed by atoms with Crippen LogP contribution in [0, 0.1) is 0 Å². The maximum absolute atomic E-state index is 11.4. The summed E-state index contributed by atoms with van der Waals surface area (Å²) in [6.07, 6.45) is 9.87. The minimum absolute atomic E-state index is 0.205. The lowest BCUT2D eigenvalue weighted by Gasteiger charge is -2.38. The smallest absolute Gasteiger partial charge is 0.210 e. The van der Waals surface area contributed by atoms with Gasteiger partial charge in [0.1, 0.15) is 0 Å². The molecule has 5 rings (SSSR count). The molecule has 1 saturated carbocycles.